The monoisotopic (exact) mass is 282 g/mol. The van der Waals surface area contributed by atoms with E-state index in [4.69, 9.17) is 11.6 Å². The lowest BCUT2D eigenvalue weighted by Crippen LogP contribution is -2.42. The molecule has 5 heteroatoms. The lowest BCUT2D eigenvalue weighted by molar-refractivity contribution is 0.0818. The summed E-state index contributed by atoms with van der Waals surface area (Å²) in [7, 11) is 0. The number of carbonyl (C=O) groups excluding carboxylic acids is 1. The molecule has 1 heterocycles. The van der Waals surface area contributed by atoms with Gasteiger partial charge in [0, 0.05) is 11.3 Å². The fraction of sp³-hybridized carbons (Fsp3) is 0.571. The lowest BCUT2D eigenvalue weighted by atomic mass is 10.1. The summed E-state index contributed by atoms with van der Waals surface area (Å²) >= 11 is 5.85. The number of hydrogen-bond acceptors (Lipinski definition) is 3. The van der Waals surface area contributed by atoms with Gasteiger partial charge in [0.1, 0.15) is 5.15 Å². The summed E-state index contributed by atoms with van der Waals surface area (Å²) in [5, 5.41) is 13.2. The van der Waals surface area contributed by atoms with Crippen LogP contribution in [0, 0.1) is 6.92 Å². The first-order valence-electron chi connectivity index (χ1n) is 6.69. The van der Waals surface area contributed by atoms with Crippen LogP contribution in [0.3, 0.4) is 0 Å². The van der Waals surface area contributed by atoms with E-state index in [9.17, 15) is 9.90 Å². The van der Waals surface area contributed by atoms with Crippen LogP contribution in [-0.4, -0.2) is 28.1 Å². The third kappa shape index (κ3) is 3.91. The Morgan fingerprint density at radius 2 is 2.11 bits per heavy atom. The second-order valence-electron chi connectivity index (χ2n) is 5.11. The molecule has 1 aliphatic rings. The maximum atomic E-state index is 12.2. The van der Waals surface area contributed by atoms with E-state index in [-0.39, 0.29) is 11.9 Å². The number of aliphatic hydroxyl groups is 1. The molecular weight excluding hydrogens is 264 g/mol. The SMILES string of the molecule is Cc1cc(C(=O)NC2CCCCCC2O)cc(Cl)n1. The molecule has 1 fully saturated rings. The summed E-state index contributed by atoms with van der Waals surface area (Å²) < 4.78 is 0. The molecule has 2 unspecified atom stereocenters. The summed E-state index contributed by atoms with van der Waals surface area (Å²) in [6, 6.07) is 3.08. The Morgan fingerprint density at radius 1 is 1.37 bits per heavy atom. The van der Waals surface area contributed by atoms with Gasteiger partial charge >= 0.3 is 0 Å². The van der Waals surface area contributed by atoms with Crippen LogP contribution in [0.2, 0.25) is 5.15 Å². The number of nitrogens with zero attached hydrogens (tertiary/aromatic N) is 1. The molecule has 4 nitrogen and oxygen atoms in total. The van der Waals surface area contributed by atoms with Gasteiger partial charge in [0.15, 0.2) is 0 Å². The highest BCUT2D eigenvalue weighted by atomic mass is 35.5. The van der Waals surface area contributed by atoms with E-state index in [1.54, 1.807) is 19.1 Å². The maximum absolute atomic E-state index is 12.2. The standard InChI is InChI=1S/C14H19ClN2O2/c1-9-7-10(8-13(15)16-9)14(19)17-11-5-3-2-4-6-12(11)18/h7-8,11-12,18H,2-6H2,1H3,(H,17,19). The van der Waals surface area contributed by atoms with Crippen molar-refractivity contribution in [2.24, 2.45) is 0 Å². The highest BCUT2D eigenvalue weighted by Gasteiger charge is 2.23. The topological polar surface area (TPSA) is 62.2 Å². The number of rotatable bonds is 2. The van der Waals surface area contributed by atoms with Gasteiger partial charge in [-0.15, -0.1) is 0 Å². The van der Waals surface area contributed by atoms with Crippen LogP contribution >= 0.6 is 11.6 Å². The van der Waals surface area contributed by atoms with Crippen molar-refractivity contribution in [2.75, 3.05) is 0 Å². The molecule has 1 aliphatic carbocycles. The Morgan fingerprint density at radius 3 is 2.84 bits per heavy atom. The van der Waals surface area contributed by atoms with Crippen molar-refractivity contribution in [1.82, 2.24) is 10.3 Å². The van der Waals surface area contributed by atoms with Crippen LogP contribution in [0.5, 0.6) is 0 Å². The second kappa shape index (κ2) is 6.35. The minimum absolute atomic E-state index is 0.165. The first-order chi connectivity index (χ1) is 9.06. The average Bonchev–Trinajstić information content (AvgIpc) is 2.54. The first-order valence-corrected chi connectivity index (χ1v) is 7.07. The number of aryl methyl sites for hydroxylation is 1. The largest absolute Gasteiger partial charge is 0.391 e. The molecule has 0 aromatic carbocycles. The van der Waals surface area contributed by atoms with E-state index < -0.39 is 6.10 Å². The zero-order valence-electron chi connectivity index (χ0n) is 11.0. The lowest BCUT2D eigenvalue weighted by Gasteiger charge is -2.21. The van der Waals surface area contributed by atoms with Crippen molar-refractivity contribution < 1.29 is 9.90 Å². The van der Waals surface area contributed by atoms with Crippen molar-refractivity contribution in [2.45, 2.75) is 51.2 Å². The van der Waals surface area contributed by atoms with E-state index in [1.807, 2.05) is 0 Å². The summed E-state index contributed by atoms with van der Waals surface area (Å²) in [6.45, 7) is 1.79. The number of pyridine rings is 1. The van der Waals surface area contributed by atoms with Crippen LogP contribution in [0.4, 0.5) is 0 Å². The molecule has 1 amide bonds. The molecule has 0 bridgehead atoms. The zero-order valence-corrected chi connectivity index (χ0v) is 11.8. The predicted molar refractivity (Wildman–Crippen MR) is 74.3 cm³/mol. The van der Waals surface area contributed by atoms with Crippen LogP contribution in [0.1, 0.15) is 48.2 Å². The van der Waals surface area contributed by atoms with E-state index in [0.717, 1.165) is 32.1 Å². The Kier molecular flexibility index (Phi) is 4.77. The summed E-state index contributed by atoms with van der Waals surface area (Å²) in [6.07, 6.45) is 4.30. The molecule has 19 heavy (non-hydrogen) atoms. The third-order valence-electron chi connectivity index (χ3n) is 3.48. The zero-order chi connectivity index (χ0) is 13.8. The fourth-order valence-corrected chi connectivity index (χ4v) is 2.72. The fourth-order valence-electron chi connectivity index (χ4n) is 2.47. The van der Waals surface area contributed by atoms with Gasteiger partial charge in [-0.3, -0.25) is 4.79 Å². The minimum Gasteiger partial charge on any atom is -0.391 e. The number of hydrogen-bond donors (Lipinski definition) is 2. The molecule has 1 aromatic heterocycles. The van der Waals surface area contributed by atoms with Gasteiger partial charge in [-0.25, -0.2) is 4.98 Å². The quantitative estimate of drug-likeness (QED) is 0.647. The van der Waals surface area contributed by atoms with E-state index in [0.29, 0.717) is 16.4 Å². The van der Waals surface area contributed by atoms with Gasteiger partial charge in [0.25, 0.3) is 5.91 Å². The molecule has 1 saturated carbocycles. The molecule has 0 spiro atoms. The van der Waals surface area contributed by atoms with Crippen LogP contribution in [-0.2, 0) is 0 Å². The Balaban J connectivity index is 2.07. The number of amides is 1. The third-order valence-corrected chi connectivity index (χ3v) is 3.67. The van der Waals surface area contributed by atoms with Gasteiger partial charge in [0.05, 0.1) is 12.1 Å². The van der Waals surface area contributed by atoms with Crippen LogP contribution in [0.25, 0.3) is 0 Å². The summed E-state index contributed by atoms with van der Waals surface area (Å²) in [5.74, 6) is -0.196. The van der Waals surface area contributed by atoms with Crippen LogP contribution in [0.15, 0.2) is 12.1 Å². The normalized spacial score (nSPS) is 23.7. The van der Waals surface area contributed by atoms with Crippen molar-refractivity contribution in [1.29, 1.82) is 0 Å². The highest BCUT2D eigenvalue weighted by molar-refractivity contribution is 6.29. The van der Waals surface area contributed by atoms with E-state index in [2.05, 4.69) is 10.3 Å². The predicted octanol–water partition coefficient (Wildman–Crippen LogP) is 2.47. The number of aliphatic hydroxyl groups excluding tert-OH is 1. The maximum Gasteiger partial charge on any atom is 0.251 e. The van der Waals surface area contributed by atoms with Crippen molar-refractivity contribution in [3.63, 3.8) is 0 Å². The van der Waals surface area contributed by atoms with Crippen LogP contribution < -0.4 is 5.32 Å². The summed E-state index contributed by atoms with van der Waals surface area (Å²) in [5.41, 5.74) is 1.20. The number of halogens is 1. The van der Waals surface area contributed by atoms with Crippen molar-refractivity contribution in [3.05, 3.63) is 28.5 Å². The molecule has 0 saturated heterocycles. The molecule has 2 rings (SSSR count). The average molecular weight is 283 g/mol. The molecule has 0 radical (unpaired) electrons. The summed E-state index contributed by atoms with van der Waals surface area (Å²) in [4.78, 5) is 16.2. The molecule has 2 N–H and O–H groups in total. The second-order valence-corrected chi connectivity index (χ2v) is 5.49. The Labute approximate surface area is 118 Å². The molecule has 1 aromatic rings. The minimum atomic E-state index is -0.454. The molecule has 2 atom stereocenters. The molecular formula is C14H19ClN2O2. The van der Waals surface area contributed by atoms with Gasteiger partial charge in [-0.05, 0) is 31.9 Å². The number of carbonyl (C=O) groups is 1. The molecule has 104 valence electrons. The van der Waals surface area contributed by atoms with Gasteiger partial charge in [-0.2, -0.15) is 0 Å². The van der Waals surface area contributed by atoms with E-state index >= 15 is 0 Å². The highest BCUT2D eigenvalue weighted by Crippen LogP contribution is 2.19. The number of aromatic nitrogens is 1. The Bertz CT molecular complexity index is 445. The van der Waals surface area contributed by atoms with Crippen molar-refractivity contribution >= 4 is 17.5 Å². The van der Waals surface area contributed by atoms with Gasteiger partial charge < -0.3 is 10.4 Å². The van der Waals surface area contributed by atoms with E-state index in [1.165, 1.54) is 0 Å². The first kappa shape index (κ1) is 14.3. The number of nitrogens with one attached hydrogen (secondary N) is 1. The van der Waals surface area contributed by atoms with Crippen molar-refractivity contribution in [3.8, 4) is 0 Å². The van der Waals surface area contributed by atoms with Gasteiger partial charge in [-0.1, -0.05) is 30.9 Å². The Hall–Kier alpha value is -1.13. The van der Waals surface area contributed by atoms with Gasteiger partial charge in [0.2, 0.25) is 0 Å². The smallest absolute Gasteiger partial charge is 0.251 e. The molecule has 0 aliphatic heterocycles.